The molecule has 1 fully saturated rings. The minimum atomic E-state index is -0.631. The lowest BCUT2D eigenvalue weighted by Crippen LogP contribution is -2.57. The molecular weight excluding hydrogens is 414 g/mol. The largest absolute Gasteiger partial charge is 0.508 e. The Morgan fingerprint density at radius 3 is 2.81 bits per heavy atom. The van der Waals surface area contributed by atoms with Crippen LogP contribution in [-0.4, -0.2) is 46.0 Å². The summed E-state index contributed by atoms with van der Waals surface area (Å²) >= 11 is 1.59. The van der Waals surface area contributed by atoms with E-state index in [2.05, 4.69) is 17.6 Å². The molecule has 5 N–H and O–H groups in total. The Kier molecular flexibility index (Phi) is 5.74. The number of carbonyl (C=O) groups excluding carboxylic acids is 1. The van der Waals surface area contributed by atoms with E-state index in [1.165, 1.54) is 6.07 Å². The van der Waals surface area contributed by atoms with Gasteiger partial charge in [0.05, 0.1) is 18.4 Å². The van der Waals surface area contributed by atoms with Gasteiger partial charge in [0, 0.05) is 41.4 Å². The van der Waals surface area contributed by atoms with Crippen LogP contribution in [0.3, 0.4) is 0 Å². The summed E-state index contributed by atoms with van der Waals surface area (Å²) in [5.41, 5.74) is 0.597. The molecule has 2 aromatic rings. The fraction of sp³-hybridized carbons (Fsp3) is 0.565. The molecule has 0 spiro atoms. The SMILES string of the molecule is CNc1nc2c(s1)CC1C(C)(CO)C(O)CCC1(C)C2CC(=O)Nc1cccc(O)c1. The van der Waals surface area contributed by atoms with Crippen LogP contribution in [-0.2, 0) is 11.2 Å². The Bertz CT molecular complexity index is 979. The van der Waals surface area contributed by atoms with Crippen molar-refractivity contribution in [2.24, 2.45) is 16.7 Å². The van der Waals surface area contributed by atoms with Crippen molar-refractivity contribution >= 4 is 28.1 Å². The quantitative estimate of drug-likeness (QED) is 0.482. The lowest BCUT2D eigenvalue weighted by atomic mass is 9.47. The number of aliphatic hydroxyl groups excluding tert-OH is 2. The maximum Gasteiger partial charge on any atom is 0.225 e. The van der Waals surface area contributed by atoms with E-state index in [9.17, 15) is 20.1 Å². The van der Waals surface area contributed by atoms with Gasteiger partial charge in [0.25, 0.3) is 0 Å². The van der Waals surface area contributed by atoms with E-state index < -0.39 is 11.5 Å². The van der Waals surface area contributed by atoms with E-state index in [0.717, 1.165) is 28.5 Å². The van der Waals surface area contributed by atoms with Gasteiger partial charge in [0.2, 0.25) is 5.91 Å². The Balaban J connectivity index is 1.70. The molecule has 2 aliphatic rings. The van der Waals surface area contributed by atoms with Gasteiger partial charge in [-0.3, -0.25) is 4.79 Å². The molecule has 4 rings (SSSR count). The molecule has 8 heteroatoms. The van der Waals surface area contributed by atoms with Crippen molar-refractivity contribution in [3.63, 3.8) is 0 Å². The molecule has 7 nitrogen and oxygen atoms in total. The molecule has 1 aromatic heterocycles. The van der Waals surface area contributed by atoms with Crippen molar-refractivity contribution < 1.29 is 20.1 Å². The highest BCUT2D eigenvalue weighted by Crippen LogP contribution is 2.62. The van der Waals surface area contributed by atoms with Gasteiger partial charge in [-0.15, -0.1) is 11.3 Å². The number of aromatic nitrogens is 1. The summed E-state index contributed by atoms with van der Waals surface area (Å²) in [5, 5.41) is 37.6. The number of hydrogen-bond donors (Lipinski definition) is 5. The zero-order chi connectivity index (χ0) is 22.4. The highest BCUT2D eigenvalue weighted by Gasteiger charge is 2.59. The predicted molar refractivity (Wildman–Crippen MR) is 121 cm³/mol. The molecule has 1 saturated carbocycles. The van der Waals surface area contributed by atoms with Gasteiger partial charge in [-0.05, 0) is 42.7 Å². The van der Waals surface area contributed by atoms with E-state index in [-0.39, 0.29) is 41.9 Å². The van der Waals surface area contributed by atoms with Crippen molar-refractivity contribution in [2.45, 2.75) is 51.6 Å². The molecular formula is C23H31N3O4S. The molecule has 31 heavy (non-hydrogen) atoms. The van der Waals surface area contributed by atoms with Crippen molar-refractivity contribution in [3.8, 4) is 5.75 Å². The third-order valence-corrected chi connectivity index (χ3v) is 8.74. The second-order valence-electron chi connectivity index (χ2n) is 9.41. The first-order valence-electron chi connectivity index (χ1n) is 10.8. The second kappa shape index (κ2) is 8.07. The normalized spacial score (nSPS) is 32.1. The predicted octanol–water partition coefficient (Wildman–Crippen LogP) is 3.33. The Labute approximate surface area is 186 Å². The lowest BCUT2D eigenvalue weighted by molar-refractivity contribution is -0.143. The van der Waals surface area contributed by atoms with Crippen molar-refractivity contribution in [2.75, 3.05) is 24.3 Å². The number of aliphatic hydroxyl groups is 2. The van der Waals surface area contributed by atoms with Crippen LogP contribution in [0.5, 0.6) is 5.75 Å². The number of phenols is 1. The first-order chi connectivity index (χ1) is 14.7. The summed E-state index contributed by atoms with van der Waals surface area (Å²) in [6, 6.07) is 6.52. The number of thiazole rings is 1. The van der Waals surface area contributed by atoms with E-state index in [4.69, 9.17) is 4.98 Å². The van der Waals surface area contributed by atoms with Gasteiger partial charge < -0.3 is 26.0 Å². The van der Waals surface area contributed by atoms with Gasteiger partial charge >= 0.3 is 0 Å². The van der Waals surface area contributed by atoms with Gasteiger partial charge in [-0.25, -0.2) is 4.98 Å². The van der Waals surface area contributed by atoms with Crippen LogP contribution in [0, 0.1) is 16.7 Å². The van der Waals surface area contributed by atoms with Crippen LogP contribution in [0.15, 0.2) is 24.3 Å². The smallest absolute Gasteiger partial charge is 0.225 e. The summed E-state index contributed by atoms with van der Waals surface area (Å²) < 4.78 is 0. The van der Waals surface area contributed by atoms with Crippen LogP contribution in [0.1, 0.15) is 49.6 Å². The molecule has 0 bridgehead atoms. The average molecular weight is 446 g/mol. The maximum atomic E-state index is 13.1. The third-order valence-electron chi connectivity index (χ3n) is 7.63. The Hall–Kier alpha value is -2.16. The molecule has 1 amide bonds. The zero-order valence-corrected chi connectivity index (χ0v) is 19.0. The third kappa shape index (κ3) is 3.70. The number of fused-ring (bicyclic) bond motifs is 2. The first kappa shape index (κ1) is 22.0. The number of aromatic hydroxyl groups is 1. The van der Waals surface area contributed by atoms with Gasteiger partial charge in [0.15, 0.2) is 5.13 Å². The number of nitrogens with zero attached hydrogens (tertiary/aromatic N) is 1. The van der Waals surface area contributed by atoms with Gasteiger partial charge in [0.1, 0.15) is 5.75 Å². The highest BCUT2D eigenvalue weighted by molar-refractivity contribution is 7.15. The molecule has 168 valence electrons. The van der Waals surface area contributed by atoms with Gasteiger partial charge in [-0.1, -0.05) is 19.9 Å². The maximum absolute atomic E-state index is 13.1. The fourth-order valence-electron chi connectivity index (χ4n) is 5.73. The first-order valence-corrected chi connectivity index (χ1v) is 11.6. The minimum absolute atomic E-state index is 0.0324. The number of amides is 1. The van der Waals surface area contributed by atoms with E-state index in [0.29, 0.717) is 12.1 Å². The molecule has 0 aliphatic heterocycles. The van der Waals surface area contributed by atoms with Crippen LogP contribution in [0.2, 0.25) is 0 Å². The number of phenolic OH excluding ortho intramolecular Hbond substituents is 1. The van der Waals surface area contributed by atoms with Crippen LogP contribution >= 0.6 is 11.3 Å². The molecule has 0 radical (unpaired) electrons. The highest BCUT2D eigenvalue weighted by atomic mass is 32.1. The van der Waals surface area contributed by atoms with Crippen LogP contribution < -0.4 is 10.6 Å². The number of benzene rings is 1. The molecule has 5 unspecified atom stereocenters. The molecule has 2 aliphatic carbocycles. The van der Waals surface area contributed by atoms with Crippen LogP contribution in [0.25, 0.3) is 0 Å². The Morgan fingerprint density at radius 2 is 2.13 bits per heavy atom. The summed E-state index contributed by atoms with van der Waals surface area (Å²) in [6.45, 7) is 4.06. The standard InChI is InChI=1S/C23H31N3O4S/c1-22-8-7-18(29)23(2,12-27)17(22)11-16-20(26-21(24-3)31-16)15(22)10-19(30)25-13-5-4-6-14(28)9-13/h4-6,9,15,17-18,27-29H,7-8,10-12H2,1-3H3,(H,24,26)(H,25,30). The summed E-state index contributed by atoms with van der Waals surface area (Å²) in [6.07, 6.45) is 1.78. The number of carbonyl (C=O) groups is 1. The minimum Gasteiger partial charge on any atom is -0.508 e. The van der Waals surface area contributed by atoms with E-state index >= 15 is 0 Å². The van der Waals surface area contributed by atoms with Crippen molar-refractivity contribution in [1.29, 1.82) is 0 Å². The molecule has 1 heterocycles. The van der Waals surface area contributed by atoms with E-state index in [1.54, 1.807) is 29.5 Å². The molecule has 5 atom stereocenters. The van der Waals surface area contributed by atoms with Crippen LogP contribution in [0.4, 0.5) is 10.8 Å². The fourth-order valence-corrected chi connectivity index (χ4v) is 6.76. The monoisotopic (exact) mass is 445 g/mol. The Morgan fingerprint density at radius 1 is 1.35 bits per heavy atom. The average Bonchev–Trinajstić information content (AvgIpc) is 3.15. The number of hydrogen-bond acceptors (Lipinski definition) is 7. The second-order valence-corrected chi connectivity index (χ2v) is 10.5. The molecule has 1 aromatic carbocycles. The van der Waals surface area contributed by atoms with Gasteiger partial charge in [-0.2, -0.15) is 0 Å². The van der Waals surface area contributed by atoms with Crippen molar-refractivity contribution in [3.05, 3.63) is 34.8 Å². The molecule has 0 saturated heterocycles. The number of rotatable bonds is 5. The summed E-state index contributed by atoms with van der Waals surface area (Å²) in [5.74, 6) is -0.137. The van der Waals surface area contributed by atoms with E-state index in [1.807, 2.05) is 14.0 Å². The topological polar surface area (TPSA) is 115 Å². The lowest BCUT2D eigenvalue weighted by Gasteiger charge is -2.58. The van der Waals surface area contributed by atoms with Crippen molar-refractivity contribution in [1.82, 2.24) is 4.98 Å². The summed E-state index contributed by atoms with van der Waals surface area (Å²) in [7, 11) is 1.84. The number of nitrogens with one attached hydrogen (secondary N) is 2. The zero-order valence-electron chi connectivity index (χ0n) is 18.2. The number of anilines is 2. The summed E-state index contributed by atoms with van der Waals surface area (Å²) in [4.78, 5) is 19.0.